The quantitative estimate of drug-likeness (QED) is 0.930. The highest BCUT2D eigenvalue weighted by Gasteiger charge is 2.16. The first kappa shape index (κ1) is 14.0. The fraction of sp³-hybridized carbons (Fsp3) is 0.200. The molecule has 0 saturated heterocycles. The number of aromatic hydroxyl groups is 1. The lowest BCUT2D eigenvalue weighted by molar-refractivity contribution is 0.0792. The van der Waals surface area contributed by atoms with Crippen molar-refractivity contribution in [1.82, 2.24) is 9.88 Å². The van der Waals surface area contributed by atoms with E-state index in [9.17, 15) is 9.18 Å². The summed E-state index contributed by atoms with van der Waals surface area (Å²) < 4.78 is 13.6. The molecular formula is C15H15FN2O2. The van der Waals surface area contributed by atoms with Gasteiger partial charge in [0.1, 0.15) is 11.6 Å². The van der Waals surface area contributed by atoms with Crippen LogP contribution in [0.2, 0.25) is 0 Å². The van der Waals surface area contributed by atoms with Crippen LogP contribution in [0.25, 0.3) is 0 Å². The maximum atomic E-state index is 13.6. The number of phenols is 1. The summed E-state index contributed by atoms with van der Waals surface area (Å²) in [5.41, 5.74) is 1.02. The Labute approximate surface area is 116 Å². The van der Waals surface area contributed by atoms with E-state index in [2.05, 4.69) is 4.98 Å². The summed E-state index contributed by atoms with van der Waals surface area (Å²) >= 11 is 0. The Morgan fingerprint density at radius 1 is 1.30 bits per heavy atom. The van der Waals surface area contributed by atoms with Crippen LogP contribution in [0.3, 0.4) is 0 Å². The third-order valence-electron chi connectivity index (χ3n) is 3.02. The van der Waals surface area contributed by atoms with Crippen LogP contribution in [-0.4, -0.2) is 34.5 Å². The normalized spacial score (nSPS) is 10.3. The number of carbonyl (C=O) groups excluding carboxylic acids is 1. The van der Waals surface area contributed by atoms with Crippen molar-refractivity contribution in [2.45, 2.75) is 6.42 Å². The maximum Gasteiger partial charge on any atom is 0.256 e. The summed E-state index contributed by atoms with van der Waals surface area (Å²) in [5.74, 6) is -1.32. The summed E-state index contributed by atoms with van der Waals surface area (Å²) in [6.07, 6.45) is 4.05. The molecule has 0 fully saturated rings. The molecule has 5 heteroatoms. The summed E-state index contributed by atoms with van der Waals surface area (Å²) in [7, 11) is 1.62. The summed E-state index contributed by atoms with van der Waals surface area (Å²) in [6, 6.07) is 7.27. The minimum Gasteiger partial charge on any atom is -0.508 e. The zero-order valence-corrected chi connectivity index (χ0v) is 11.1. The van der Waals surface area contributed by atoms with Crippen molar-refractivity contribution < 1.29 is 14.3 Å². The molecule has 0 bridgehead atoms. The van der Waals surface area contributed by atoms with Gasteiger partial charge in [0.25, 0.3) is 5.91 Å². The number of nitrogens with zero attached hydrogens (tertiary/aromatic N) is 2. The van der Waals surface area contributed by atoms with E-state index in [1.807, 2.05) is 12.1 Å². The van der Waals surface area contributed by atoms with Gasteiger partial charge < -0.3 is 10.0 Å². The molecule has 4 nitrogen and oxygen atoms in total. The third kappa shape index (κ3) is 3.32. The monoisotopic (exact) mass is 274 g/mol. The lowest BCUT2D eigenvalue weighted by Crippen LogP contribution is -2.29. The molecule has 0 aliphatic rings. The molecule has 2 aromatic rings. The van der Waals surface area contributed by atoms with Crippen LogP contribution in [-0.2, 0) is 6.42 Å². The number of amides is 1. The Bertz CT molecular complexity index is 602. The molecule has 0 aliphatic heterocycles. The van der Waals surface area contributed by atoms with E-state index >= 15 is 0 Å². The second-order valence-corrected chi connectivity index (χ2v) is 4.50. The average Bonchev–Trinajstić information content (AvgIpc) is 2.45. The summed E-state index contributed by atoms with van der Waals surface area (Å²) in [6.45, 7) is 0.475. The van der Waals surface area contributed by atoms with Crippen LogP contribution in [0.15, 0.2) is 42.7 Å². The van der Waals surface area contributed by atoms with Gasteiger partial charge in [-0.25, -0.2) is 4.39 Å². The summed E-state index contributed by atoms with van der Waals surface area (Å²) in [5, 5.41) is 9.14. The van der Waals surface area contributed by atoms with Crippen LogP contribution < -0.4 is 0 Å². The maximum absolute atomic E-state index is 13.6. The minimum atomic E-state index is -0.717. The molecule has 0 unspecified atom stereocenters. The molecule has 0 spiro atoms. The molecule has 0 saturated carbocycles. The van der Waals surface area contributed by atoms with Crippen LogP contribution in [0.5, 0.6) is 5.75 Å². The highest BCUT2D eigenvalue weighted by Crippen LogP contribution is 2.16. The number of halogens is 1. The molecule has 104 valence electrons. The number of hydrogen-bond donors (Lipinski definition) is 1. The van der Waals surface area contributed by atoms with E-state index in [0.717, 1.165) is 11.6 Å². The SMILES string of the molecule is CN(CCc1ccncc1)C(=O)c1ccc(O)cc1F. The number of rotatable bonds is 4. The first-order valence-electron chi connectivity index (χ1n) is 6.21. The standard InChI is InChI=1S/C15H15FN2O2/c1-18(9-6-11-4-7-17-8-5-11)15(20)13-3-2-12(19)10-14(13)16/h2-5,7-8,10,19H,6,9H2,1H3. The van der Waals surface area contributed by atoms with Crippen molar-refractivity contribution in [2.24, 2.45) is 0 Å². The van der Waals surface area contributed by atoms with Crippen molar-refractivity contribution >= 4 is 5.91 Å². The molecule has 2 rings (SSSR count). The van der Waals surface area contributed by atoms with E-state index in [0.29, 0.717) is 13.0 Å². The molecule has 0 atom stereocenters. The molecule has 0 radical (unpaired) electrons. The number of carbonyl (C=O) groups is 1. The van der Waals surface area contributed by atoms with Gasteiger partial charge in [-0.1, -0.05) is 0 Å². The Morgan fingerprint density at radius 2 is 2.00 bits per heavy atom. The topological polar surface area (TPSA) is 53.4 Å². The molecule has 1 aromatic carbocycles. The van der Waals surface area contributed by atoms with Gasteiger partial charge in [-0.05, 0) is 36.2 Å². The highest BCUT2D eigenvalue weighted by atomic mass is 19.1. The minimum absolute atomic E-state index is 0.0416. The zero-order valence-electron chi connectivity index (χ0n) is 11.1. The second kappa shape index (κ2) is 6.14. The van der Waals surface area contributed by atoms with E-state index in [4.69, 9.17) is 5.11 Å². The van der Waals surface area contributed by atoms with Gasteiger partial charge in [0.05, 0.1) is 5.56 Å². The van der Waals surface area contributed by atoms with Gasteiger partial charge in [-0.2, -0.15) is 0 Å². The van der Waals surface area contributed by atoms with Gasteiger partial charge in [0.2, 0.25) is 0 Å². The van der Waals surface area contributed by atoms with Crippen LogP contribution in [0.4, 0.5) is 4.39 Å². The Kier molecular flexibility index (Phi) is 4.30. The number of phenolic OH excluding ortho intramolecular Hbond substituents is 1. The molecule has 20 heavy (non-hydrogen) atoms. The van der Waals surface area contributed by atoms with E-state index in [1.54, 1.807) is 19.4 Å². The van der Waals surface area contributed by atoms with Crippen molar-refractivity contribution in [3.05, 3.63) is 59.7 Å². The number of aromatic nitrogens is 1. The second-order valence-electron chi connectivity index (χ2n) is 4.50. The Morgan fingerprint density at radius 3 is 2.65 bits per heavy atom. The predicted molar refractivity (Wildman–Crippen MR) is 73.0 cm³/mol. The number of likely N-dealkylation sites (N-methyl/N-ethyl adjacent to an activating group) is 1. The van der Waals surface area contributed by atoms with Gasteiger partial charge in [-0.3, -0.25) is 9.78 Å². The van der Waals surface area contributed by atoms with Crippen molar-refractivity contribution in [3.63, 3.8) is 0 Å². The number of benzene rings is 1. The van der Waals surface area contributed by atoms with Crippen LogP contribution in [0.1, 0.15) is 15.9 Å². The van der Waals surface area contributed by atoms with E-state index in [-0.39, 0.29) is 11.3 Å². The Balaban J connectivity index is 2.01. The van der Waals surface area contributed by atoms with Crippen molar-refractivity contribution in [1.29, 1.82) is 0 Å². The lowest BCUT2D eigenvalue weighted by Gasteiger charge is -2.17. The molecule has 1 N–H and O–H groups in total. The number of pyridine rings is 1. The van der Waals surface area contributed by atoms with E-state index in [1.165, 1.54) is 17.0 Å². The Hall–Kier alpha value is -2.43. The molecule has 1 heterocycles. The predicted octanol–water partition coefficient (Wildman–Crippen LogP) is 2.24. The number of hydrogen-bond acceptors (Lipinski definition) is 3. The fourth-order valence-electron chi connectivity index (χ4n) is 1.83. The molecule has 1 aromatic heterocycles. The third-order valence-corrected chi connectivity index (χ3v) is 3.02. The molecule has 1 amide bonds. The first-order valence-corrected chi connectivity index (χ1v) is 6.21. The van der Waals surface area contributed by atoms with Gasteiger partial charge in [0, 0.05) is 32.1 Å². The average molecular weight is 274 g/mol. The van der Waals surface area contributed by atoms with Crippen LogP contribution >= 0.6 is 0 Å². The van der Waals surface area contributed by atoms with Gasteiger partial charge in [0.15, 0.2) is 0 Å². The van der Waals surface area contributed by atoms with Crippen molar-refractivity contribution in [3.8, 4) is 5.75 Å². The van der Waals surface area contributed by atoms with Crippen molar-refractivity contribution in [2.75, 3.05) is 13.6 Å². The zero-order chi connectivity index (χ0) is 14.5. The largest absolute Gasteiger partial charge is 0.508 e. The van der Waals surface area contributed by atoms with Crippen LogP contribution in [0, 0.1) is 5.82 Å². The lowest BCUT2D eigenvalue weighted by atomic mass is 10.1. The molecule has 0 aliphatic carbocycles. The van der Waals surface area contributed by atoms with E-state index < -0.39 is 11.7 Å². The summed E-state index contributed by atoms with van der Waals surface area (Å²) in [4.78, 5) is 17.5. The smallest absolute Gasteiger partial charge is 0.256 e. The highest BCUT2D eigenvalue weighted by molar-refractivity contribution is 5.94. The first-order chi connectivity index (χ1) is 9.58. The fourth-order valence-corrected chi connectivity index (χ4v) is 1.83. The van der Waals surface area contributed by atoms with Gasteiger partial charge >= 0.3 is 0 Å². The molecular weight excluding hydrogens is 259 g/mol. The van der Waals surface area contributed by atoms with Gasteiger partial charge in [-0.15, -0.1) is 0 Å².